The van der Waals surface area contributed by atoms with Crippen LogP contribution in [0, 0.1) is 4.91 Å². The third kappa shape index (κ3) is 1.56. The Labute approximate surface area is 91.4 Å². The van der Waals surface area contributed by atoms with Crippen molar-refractivity contribution in [3.8, 4) is 0 Å². The van der Waals surface area contributed by atoms with E-state index in [2.05, 4.69) is 10.2 Å². The van der Waals surface area contributed by atoms with Crippen LogP contribution < -0.4 is 0 Å². The number of benzene rings is 1. The predicted molar refractivity (Wildman–Crippen MR) is 59.7 cm³/mol. The number of nitrogens with zero attached hydrogens (tertiary/aromatic N) is 1. The second kappa shape index (κ2) is 4.14. The van der Waals surface area contributed by atoms with Crippen LogP contribution in [0.3, 0.4) is 0 Å². The smallest absolute Gasteiger partial charge is 0.357 e. The molecule has 5 nitrogen and oxygen atoms in total. The number of nitroso groups, excluding NO2 is 1. The van der Waals surface area contributed by atoms with Crippen molar-refractivity contribution in [3.05, 3.63) is 34.9 Å². The molecule has 0 atom stereocenters. The minimum atomic E-state index is -0.562. The molecule has 0 fully saturated rings. The first-order chi connectivity index (χ1) is 7.77. The van der Waals surface area contributed by atoms with Gasteiger partial charge in [0, 0.05) is 10.9 Å². The lowest BCUT2D eigenvalue weighted by molar-refractivity contribution is 0.0521. The van der Waals surface area contributed by atoms with Crippen molar-refractivity contribution in [2.75, 3.05) is 6.61 Å². The SMILES string of the molecule is CCOC(=O)c1[nH]c2ccccc2c1N=O. The van der Waals surface area contributed by atoms with Crippen molar-refractivity contribution < 1.29 is 9.53 Å². The number of H-pyrrole nitrogens is 1. The van der Waals surface area contributed by atoms with E-state index in [4.69, 9.17) is 4.74 Å². The van der Waals surface area contributed by atoms with Crippen LogP contribution in [0.25, 0.3) is 10.9 Å². The molecular formula is C11H10N2O3. The van der Waals surface area contributed by atoms with Gasteiger partial charge >= 0.3 is 5.97 Å². The number of fused-ring (bicyclic) bond motifs is 1. The van der Waals surface area contributed by atoms with Gasteiger partial charge in [0.25, 0.3) is 0 Å². The molecule has 82 valence electrons. The molecule has 1 aromatic heterocycles. The Hall–Kier alpha value is -2.17. The van der Waals surface area contributed by atoms with Crippen molar-refractivity contribution in [3.63, 3.8) is 0 Å². The number of carbonyl (C=O) groups excluding carboxylic acids is 1. The molecule has 1 heterocycles. The van der Waals surface area contributed by atoms with Crippen molar-refractivity contribution in [1.82, 2.24) is 4.98 Å². The van der Waals surface area contributed by atoms with Crippen LogP contribution in [0.15, 0.2) is 29.4 Å². The first-order valence-electron chi connectivity index (χ1n) is 4.89. The Bertz CT molecular complexity index is 545. The molecule has 0 spiro atoms. The molecule has 1 aromatic carbocycles. The average Bonchev–Trinajstić information content (AvgIpc) is 2.67. The molecule has 0 unspecified atom stereocenters. The summed E-state index contributed by atoms with van der Waals surface area (Å²) in [6.07, 6.45) is 0. The molecule has 2 aromatic rings. The summed E-state index contributed by atoms with van der Waals surface area (Å²) < 4.78 is 4.83. The Morgan fingerprint density at radius 3 is 2.88 bits per heavy atom. The van der Waals surface area contributed by atoms with E-state index in [1.807, 2.05) is 6.07 Å². The van der Waals surface area contributed by atoms with Crippen molar-refractivity contribution >= 4 is 22.6 Å². The second-order valence-electron chi connectivity index (χ2n) is 3.21. The number of carbonyl (C=O) groups is 1. The van der Waals surface area contributed by atoms with Gasteiger partial charge in [-0.1, -0.05) is 18.2 Å². The molecule has 0 amide bonds. The molecule has 16 heavy (non-hydrogen) atoms. The summed E-state index contributed by atoms with van der Waals surface area (Å²) in [5, 5.41) is 3.51. The molecule has 0 saturated heterocycles. The van der Waals surface area contributed by atoms with E-state index in [-0.39, 0.29) is 18.0 Å². The third-order valence-corrected chi connectivity index (χ3v) is 2.25. The van der Waals surface area contributed by atoms with E-state index in [9.17, 15) is 9.70 Å². The van der Waals surface area contributed by atoms with Gasteiger partial charge in [0.1, 0.15) is 5.69 Å². The summed E-state index contributed by atoms with van der Waals surface area (Å²) in [5.74, 6) is -0.562. The predicted octanol–water partition coefficient (Wildman–Crippen LogP) is 2.74. The van der Waals surface area contributed by atoms with Crippen LogP contribution in [-0.2, 0) is 4.74 Å². The standard InChI is InChI=1S/C11H10N2O3/c1-2-16-11(14)10-9(13-15)7-5-3-4-6-8(7)12-10/h3-6,12H,2H2,1H3. The van der Waals surface area contributed by atoms with Crippen LogP contribution in [0.1, 0.15) is 17.4 Å². The van der Waals surface area contributed by atoms with Gasteiger partial charge in [-0.3, -0.25) is 0 Å². The molecule has 2 rings (SSSR count). The molecule has 0 aliphatic heterocycles. The highest BCUT2D eigenvalue weighted by Crippen LogP contribution is 2.30. The molecule has 0 saturated carbocycles. The van der Waals surface area contributed by atoms with Crippen molar-refractivity contribution in [1.29, 1.82) is 0 Å². The summed E-state index contributed by atoms with van der Waals surface area (Å²) in [6, 6.07) is 7.08. The molecule has 0 aliphatic rings. The zero-order chi connectivity index (χ0) is 11.5. The van der Waals surface area contributed by atoms with Gasteiger partial charge < -0.3 is 9.72 Å². The van der Waals surface area contributed by atoms with Crippen molar-refractivity contribution in [2.45, 2.75) is 6.92 Å². The highest BCUT2D eigenvalue weighted by atomic mass is 16.5. The van der Waals surface area contributed by atoms with E-state index in [0.717, 1.165) is 0 Å². The first kappa shape index (κ1) is 10.4. The Kier molecular flexibility index (Phi) is 2.68. The van der Waals surface area contributed by atoms with Gasteiger partial charge in [-0.2, -0.15) is 0 Å². The van der Waals surface area contributed by atoms with Crippen LogP contribution in [0.4, 0.5) is 5.69 Å². The zero-order valence-electron chi connectivity index (χ0n) is 8.69. The fourth-order valence-corrected chi connectivity index (χ4v) is 1.57. The van der Waals surface area contributed by atoms with Crippen LogP contribution in [0.5, 0.6) is 0 Å². The molecule has 0 radical (unpaired) electrons. The van der Waals surface area contributed by atoms with E-state index >= 15 is 0 Å². The van der Waals surface area contributed by atoms with Gasteiger partial charge in [-0.05, 0) is 18.2 Å². The zero-order valence-corrected chi connectivity index (χ0v) is 8.69. The summed E-state index contributed by atoms with van der Waals surface area (Å²) in [6.45, 7) is 1.96. The number of nitrogens with one attached hydrogen (secondary N) is 1. The van der Waals surface area contributed by atoms with Crippen LogP contribution >= 0.6 is 0 Å². The summed E-state index contributed by atoms with van der Waals surface area (Å²) in [4.78, 5) is 25.1. The van der Waals surface area contributed by atoms with Gasteiger partial charge in [0.05, 0.1) is 6.61 Å². The maximum atomic E-state index is 11.5. The minimum Gasteiger partial charge on any atom is -0.461 e. The van der Waals surface area contributed by atoms with Gasteiger partial charge in [0.15, 0.2) is 5.69 Å². The average molecular weight is 218 g/mol. The fourth-order valence-electron chi connectivity index (χ4n) is 1.57. The van der Waals surface area contributed by atoms with Crippen molar-refractivity contribution in [2.24, 2.45) is 5.18 Å². The largest absolute Gasteiger partial charge is 0.461 e. The first-order valence-corrected chi connectivity index (χ1v) is 4.89. The summed E-state index contributed by atoms with van der Waals surface area (Å²) in [5.41, 5.74) is 0.909. The van der Waals surface area contributed by atoms with E-state index in [0.29, 0.717) is 10.9 Å². The minimum absolute atomic E-state index is 0.106. The van der Waals surface area contributed by atoms with E-state index in [1.54, 1.807) is 25.1 Å². The Morgan fingerprint density at radius 2 is 2.19 bits per heavy atom. The van der Waals surface area contributed by atoms with Crippen LogP contribution in [0.2, 0.25) is 0 Å². The van der Waals surface area contributed by atoms with Crippen LogP contribution in [-0.4, -0.2) is 17.6 Å². The lowest BCUT2D eigenvalue weighted by atomic mass is 10.2. The summed E-state index contributed by atoms with van der Waals surface area (Å²) in [7, 11) is 0. The molecule has 5 heteroatoms. The lowest BCUT2D eigenvalue weighted by Gasteiger charge is -1.98. The maximum absolute atomic E-state index is 11.5. The topological polar surface area (TPSA) is 71.5 Å². The number of rotatable bonds is 3. The Morgan fingerprint density at radius 1 is 1.44 bits per heavy atom. The maximum Gasteiger partial charge on any atom is 0.357 e. The Balaban J connectivity index is 2.60. The molecule has 0 aliphatic carbocycles. The highest BCUT2D eigenvalue weighted by molar-refractivity contribution is 6.04. The molecular weight excluding hydrogens is 208 g/mol. The quantitative estimate of drug-likeness (QED) is 0.636. The number of aromatic amines is 1. The third-order valence-electron chi connectivity index (χ3n) is 2.25. The summed E-state index contributed by atoms with van der Waals surface area (Å²) >= 11 is 0. The monoisotopic (exact) mass is 218 g/mol. The number of ether oxygens (including phenoxy) is 1. The van der Waals surface area contributed by atoms with Gasteiger partial charge in [0.2, 0.25) is 0 Å². The number of esters is 1. The van der Waals surface area contributed by atoms with E-state index < -0.39 is 5.97 Å². The molecule has 1 N–H and O–H groups in total. The number of hydrogen-bond donors (Lipinski definition) is 1. The van der Waals surface area contributed by atoms with Gasteiger partial charge in [-0.15, -0.1) is 4.91 Å². The fraction of sp³-hybridized carbons (Fsp3) is 0.182. The van der Waals surface area contributed by atoms with Gasteiger partial charge in [-0.25, -0.2) is 4.79 Å². The number of para-hydroxylation sites is 1. The normalized spacial score (nSPS) is 10.3. The number of hydrogen-bond acceptors (Lipinski definition) is 4. The number of aromatic nitrogens is 1. The molecule has 0 bridgehead atoms. The highest BCUT2D eigenvalue weighted by Gasteiger charge is 2.19. The van der Waals surface area contributed by atoms with E-state index in [1.165, 1.54) is 0 Å². The lowest BCUT2D eigenvalue weighted by Crippen LogP contribution is -2.04. The second-order valence-corrected chi connectivity index (χ2v) is 3.21.